The summed E-state index contributed by atoms with van der Waals surface area (Å²) in [6, 6.07) is 6.73. The van der Waals surface area contributed by atoms with Gasteiger partial charge in [0.2, 0.25) is 0 Å². The largest absolute Gasteiger partial charge is 0.493 e. The Morgan fingerprint density at radius 1 is 1.13 bits per heavy atom. The standard InChI is InChI=1S/C19H25F3O/c1-2-14-6-5-7-15(12-14)13-23-17-9-4-3-8-16(17)18(10-11-18)19(20,21)22/h3-4,8-9,14-15H,2,5-7,10-13H2,1H3/t14?,15-/m0/s1. The fourth-order valence-corrected chi connectivity index (χ4v) is 3.95. The van der Waals surface area contributed by atoms with E-state index in [2.05, 4.69) is 6.92 Å². The second-order valence-electron chi connectivity index (χ2n) is 7.19. The van der Waals surface area contributed by atoms with E-state index in [1.807, 2.05) is 0 Å². The summed E-state index contributed by atoms with van der Waals surface area (Å²) in [5.74, 6) is 1.65. The third kappa shape index (κ3) is 3.36. The van der Waals surface area contributed by atoms with Crippen LogP contribution in [0.1, 0.15) is 57.4 Å². The number of para-hydroxylation sites is 1. The molecule has 0 N–H and O–H groups in total. The second kappa shape index (κ2) is 6.37. The lowest BCUT2D eigenvalue weighted by Crippen LogP contribution is -2.29. The Balaban J connectivity index is 1.70. The van der Waals surface area contributed by atoms with Gasteiger partial charge in [-0.05, 0) is 43.6 Å². The predicted molar refractivity (Wildman–Crippen MR) is 84.6 cm³/mol. The van der Waals surface area contributed by atoms with Crippen molar-refractivity contribution in [3.63, 3.8) is 0 Å². The lowest BCUT2D eigenvalue weighted by atomic mass is 9.80. The van der Waals surface area contributed by atoms with Crippen molar-refractivity contribution in [1.29, 1.82) is 0 Å². The third-order valence-electron chi connectivity index (χ3n) is 5.64. The van der Waals surface area contributed by atoms with Crippen LogP contribution in [-0.4, -0.2) is 12.8 Å². The molecule has 1 nitrogen and oxygen atoms in total. The third-order valence-corrected chi connectivity index (χ3v) is 5.64. The first-order chi connectivity index (χ1) is 11.0. The lowest BCUT2D eigenvalue weighted by Gasteiger charge is -2.29. The van der Waals surface area contributed by atoms with Gasteiger partial charge in [-0.25, -0.2) is 0 Å². The van der Waals surface area contributed by atoms with Gasteiger partial charge in [-0.1, -0.05) is 44.4 Å². The van der Waals surface area contributed by atoms with Crippen molar-refractivity contribution in [2.75, 3.05) is 6.61 Å². The molecule has 128 valence electrons. The molecule has 4 heteroatoms. The average Bonchev–Trinajstić information content (AvgIpc) is 3.35. The molecule has 0 heterocycles. The zero-order valence-electron chi connectivity index (χ0n) is 13.7. The molecule has 2 fully saturated rings. The van der Waals surface area contributed by atoms with Crippen molar-refractivity contribution in [2.45, 2.75) is 63.5 Å². The molecule has 3 rings (SSSR count). The molecule has 1 aromatic rings. The summed E-state index contributed by atoms with van der Waals surface area (Å²) in [5.41, 5.74) is -1.34. The van der Waals surface area contributed by atoms with Gasteiger partial charge >= 0.3 is 6.18 Å². The highest BCUT2D eigenvalue weighted by atomic mass is 19.4. The van der Waals surface area contributed by atoms with Crippen LogP contribution in [0.15, 0.2) is 24.3 Å². The van der Waals surface area contributed by atoms with E-state index >= 15 is 0 Å². The van der Waals surface area contributed by atoms with Gasteiger partial charge in [0.15, 0.2) is 0 Å². The van der Waals surface area contributed by atoms with E-state index in [1.165, 1.54) is 19.3 Å². The summed E-state index contributed by atoms with van der Waals surface area (Å²) in [4.78, 5) is 0. The van der Waals surface area contributed by atoms with Gasteiger partial charge in [-0.3, -0.25) is 0 Å². The Hall–Kier alpha value is -1.19. The van der Waals surface area contributed by atoms with Crippen LogP contribution in [-0.2, 0) is 5.41 Å². The number of ether oxygens (including phenoxy) is 1. The smallest absolute Gasteiger partial charge is 0.398 e. The Morgan fingerprint density at radius 3 is 2.48 bits per heavy atom. The van der Waals surface area contributed by atoms with Crippen LogP contribution in [0.2, 0.25) is 0 Å². The van der Waals surface area contributed by atoms with E-state index in [0.717, 1.165) is 18.8 Å². The SMILES string of the molecule is CCC1CCC[C@H](COc2ccccc2C2(C(F)(F)F)CC2)C1. The molecular formula is C19H25F3O. The highest BCUT2D eigenvalue weighted by Gasteiger charge is 2.65. The quantitative estimate of drug-likeness (QED) is 0.657. The van der Waals surface area contributed by atoms with Crippen molar-refractivity contribution in [2.24, 2.45) is 11.8 Å². The average molecular weight is 326 g/mol. The van der Waals surface area contributed by atoms with Crippen molar-refractivity contribution in [3.8, 4) is 5.75 Å². The number of hydrogen-bond donors (Lipinski definition) is 0. The summed E-state index contributed by atoms with van der Waals surface area (Å²) in [6.07, 6.45) is 2.11. The van der Waals surface area contributed by atoms with Gasteiger partial charge in [0, 0.05) is 5.56 Å². The molecule has 2 aliphatic carbocycles. The first-order valence-corrected chi connectivity index (χ1v) is 8.75. The highest BCUT2D eigenvalue weighted by molar-refractivity contribution is 5.44. The van der Waals surface area contributed by atoms with Crippen molar-refractivity contribution in [3.05, 3.63) is 29.8 Å². The van der Waals surface area contributed by atoms with E-state index in [4.69, 9.17) is 4.74 Å². The molecule has 23 heavy (non-hydrogen) atoms. The van der Waals surface area contributed by atoms with E-state index in [-0.39, 0.29) is 12.8 Å². The Morgan fingerprint density at radius 2 is 1.83 bits per heavy atom. The summed E-state index contributed by atoms with van der Waals surface area (Å²) in [5, 5.41) is 0. The summed E-state index contributed by atoms with van der Waals surface area (Å²) >= 11 is 0. The van der Waals surface area contributed by atoms with Gasteiger partial charge in [0.25, 0.3) is 0 Å². The Labute approximate surface area is 136 Å². The number of benzene rings is 1. The Bertz CT molecular complexity index is 534. The maximum absolute atomic E-state index is 13.4. The fraction of sp³-hybridized carbons (Fsp3) is 0.684. The molecule has 0 aromatic heterocycles. The number of alkyl halides is 3. The second-order valence-corrected chi connectivity index (χ2v) is 7.19. The van der Waals surface area contributed by atoms with Gasteiger partial charge in [0.1, 0.15) is 5.75 Å². The minimum absolute atomic E-state index is 0.179. The normalized spacial score (nSPS) is 26.8. The molecule has 1 unspecified atom stereocenters. The molecular weight excluding hydrogens is 301 g/mol. The monoisotopic (exact) mass is 326 g/mol. The van der Waals surface area contributed by atoms with Crippen LogP contribution >= 0.6 is 0 Å². The zero-order valence-corrected chi connectivity index (χ0v) is 13.7. The number of rotatable bonds is 5. The van der Waals surface area contributed by atoms with Crippen LogP contribution in [0.5, 0.6) is 5.75 Å². The molecule has 0 amide bonds. The maximum Gasteiger partial charge on any atom is 0.398 e. The van der Waals surface area contributed by atoms with Gasteiger partial charge in [-0.2, -0.15) is 13.2 Å². The molecule has 0 radical (unpaired) electrons. The van der Waals surface area contributed by atoms with E-state index < -0.39 is 11.6 Å². The zero-order chi connectivity index (χ0) is 16.5. The van der Waals surface area contributed by atoms with Crippen molar-refractivity contribution in [1.82, 2.24) is 0 Å². The van der Waals surface area contributed by atoms with Crippen LogP contribution in [0, 0.1) is 11.8 Å². The van der Waals surface area contributed by atoms with Gasteiger partial charge < -0.3 is 4.74 Å². The molecule has 0 saturated heterocycles. The van der Waals surface area contributed by atoms with Crippen molar-refractivity contribution < 1.29 is 17.9 Å². The summed E-state index contributed by atoms with van der Waals surface area (Å²) < 4.78 is 46.1. The Kier molecular flexibility index (Phi) is 4.61. The summed E-state index contributed by atoms with van der Waals surface area (Å²) in [7, 11) is 0. The fourth-order valence-electron chi connectivity index (χ4n) is 3.95. The minimum Gasteiger partial charge on any atom is -0.493 e. The maximum atomic E-state index is 13.4. The van der Waals surface area contributed by atoms with E-state index in [9.17, 15) is 13.2 Å². The molecule has 2 saturated carbocycles. The topological polar surface area (TPSA) is 9.23 Å². The van der Waals surface area contributed by atoms with Crippen LogP contribution in [0.25, 0.3) is 0 Å². The van der Waals surface area contributed by atoms with E-state index in [0.29, 0.717) is 23.8 Å². The van der Waals surface area contributed by atoms with Crippen LogP contribution < -0.4 is 4.74 Å². The molecule has 1 aromatic carbocycles. The van der Waals surface area contributed by atoms with E-state index in [1.54, 1.807) is 24.3 Å². The summed E-state index contributed by atoms with van der Waals surface area (Å²) in [6.45, 7) is 2.75. The molecule has 0 spiro atoms. The highest BCUT2D eigenvalue weighted by Crippen LogP contribution is 2.60. The molecule has 2 aliphatic rings. The van der Waals surface area contributed by atoms with Crippen LogP contribution in [0.4, 0.5) is 13.2 Å². The molecule has 2 atom stereocenters. The molecule has 0 aliphatic heterocycles. The number of halogens is 3. The van der Waals surface area contributed by atoms with Crippen LogP contribution in [0.3, 0.4) is 0 Å². The lowest BCUT2D eigenvalue weighted by molar-refractivity contribution is -0.161. The number of hydrogen-bond acceptors (Lipinski definition) is 1. The predicted octanol–water partition coefficient (Wildman–Crippen LogP) is 5.88. The van der Waals surface area contributed by atoms with Crippen molar-refractivity contribution >= 4 is 0 Å². The first-order valence-electron chi connectivity index (χ1n) is 8.75. The van der Waals surface area contributed by atoms with Gasteiger partial charge in [-0.15, -0.1) is 0 Å². The first kappa shape index (κ1) is 16.7. The van der Waals surface area contributed by atoms with Gasteiger partial charge in [0.05, 0.1) is 12.0 Å². The molecule has 0 bridgehead atoms. The minimum atomic E-state index is -4.19.